The first-order valence-corrected chi connectivity index (χ1v) is 4.74. The molecule has 0 aliphatic heterocycles. The van der Waals surface area contributed by atoms with Crippen LogP contribution in [-0.4, -0.2) is 16.7 Å². The summed E-state index contributed by atoms with van der Waals surface area (Å²) in [4.78, 5) is 25.7. The fourth-order valence-corrected chi connectivity index (χ4v) is 1.51. The van der Waals surface area contributed by atoms with Crippen LogP contribution in [0.15, 0.2) is 10.9 Å². The van der Waals surface area contributed by atoms with Gasteiger partial charge in [0.15, 0.2) is 5.78 Å². The van der Waals surface area contributed by atoms with E-state index in [0.717, 1.165) is 0 Å². The van der Waals surface area contributed by atoms with Crippen molar-refractivity contribution in [3.8, 4) is 0 Å². The highest BCUT2D eigenvalue weighted by atomic mass is 32.1. The minimum absolute atomic E-state index is 0.209. The quantitative estimate of drug-likeness (QED) is 0.508. The normalized spacial score (nSPS) is 12.4. The summed E-state index contributed by atoms with van der Waals surface area (Å²) < 4.78 is 0. The molecule has 0 amide bonds. The van der Waals surface area contributed by atoms with E-state index in [-0.39, 0.29) is 12.1 Å². The third kappa shape index (κ3) is 2.12. The van der Waals surface area contributed by atoms with E-state index in [0.29, 0.717) is 0 Å². The summed E-state index contributed by atoms with van der Waals surface area (Å²) >= 11 is 1.26. The molecule has 1 aromatic rings. The van der Waals surface area contributed by atoms with Crippen molar-refractivity contribution in [1.29, 1.82) is 0 Å². The summed E-state index contributed by atoms with van der Waals surface area (Å²) in [5.74, 6) is -2.87. The highest BCUT2D eigenvalue weighted by molar-refractivity contribution is 7.07. The van der Waals surface area contributed by atoms with Gasteiger partial charge in [0, 0.05) is 5.38 Å². The molecular formula is C8H8NO3S-. The molecule has 4 nitrogen and oxygen atoms in total. The van der Waals surface area contributed by atoms with E-state index in [1.54, 1.807) is 6.92 Å². The number of aliphatic carboxylic acids is 1. The minimum Gasteiger partial charge on any atom is -0.549 e. The number of aromatic nitrogens is 1. The van der Waals surface area contributed by atoms with Gasteiger partial charge in [-0.1, -0.05) is 6.92 Å². The molecule has 0 aromatic carbocycles. The maximum atomic E-state index is 11.4. The van der Waals surface area contributed by atoms with Crippen molar-refractivity contribution in [2.45, 2.75) is 13.3 Å². The molecule has 0 spiro atoms. The summed E-state index contributed by atoms with van der Waals surface area (Å²) in [5.41, 5.74) is 1.70. The first-order valence-electron chi connectivity index (χ1n) is 3.80. The van der Waals surface area contributed by atoms with Crippen LogP contribution in [0.4, 0.5) is 0 Å². The summed E-state index contributed by atoms with van der Waals surface area (Å²) in [6.45, 7) is 1.63. The molecule has 1 atom stereocenters. The Bertz CT molecular complexity index is 307. The topological polar surface area (TPSA) is 70.1 Å². The lowest BCUT2D eigenvalue weighted by Gasteiger charge is -2.12. The van der Waals surface area contributed by atoms with Crippen molar-refractivity contribution in [2.24, 2.45) is 5.92 Å². The van der Waals surface area contributed by atoms with Crippen molar-refractivity contribution >= 4 is 23.1 Å². The highest BCUT2D eigenvalue weighted by Crippen LogP contribution is 2.11. The average Bonchev–Trinajstić information content (AvgIpc) is 2.56. The van der Waals surface area contributed by atoms with Gasteiger partial charge >= 0.3 is 0 Å². The Balaban J connectivity index is 2.83. The van der Waals surface area contributed by atoms with E-state index in [4.69, 9.17) is 0 Å². The van der Waals surface area contributed by atoms with E-state index in [1.807, 2.05) is 0 Å². The van der Waals surface area contributed by atoms with Gasteiger partial charge in [0.1, 0.15) is 5.69 Å². The van der Waals surface area contributed by atoms with Crippen LogP contribution in [0.5, 0.6) is 0 Å². The fourth-order valence-electron chi connectivity index (χ4n) is 0.972. The molecule has 0 fully saturated rings. The third-order valence-electron chi connectivity index (χ3n) is 1.69. The van der Waals surface area contributed by atoms with Crippen LogP contribution in [0, 0.1) is 5.92 Å². The maximum Gasteiger partial charge on any atom is 0.190 e. The Morgan fingerprint density at radius 3 is 2.77 bits per heavy atom. The molecule has 0 N–H and O–H groups in total. The standard InChI is InChI=1S/C8H9NO3S/c1-2-5(8(11)12)7(10)6-3-13-4-9-6/h3-5H,2H2,1H3,(H,11,12)/p-1. The predicted octanol–water partition coefficient (Wildman–Crippen LogP) is 0.102. The predicted molar refractivity (Wildman–Crippen MR) is 45.2 cm³/mol. The molecule has 0 aliphatic carbocycles. The monoisotopic (exact) mass is 198 g/mol. The molecule has 1 rings (SSSR count). The number of thiazole rings is 1. The second kappa shape index (κ2) is 4.13. The highest BCUT2D eigenvalue weighted by Gasteiger charge is 2.20. The molecule has 0 aliphatic rings. The number of carbonyl (C=O) groups excluding carboxylic acids is 2. The number of rotatable bonds is 4. The average molecular weight is 198 g/mol. The van der Waals surface area contributed by atoms with Crippen LogP contribution < -0.4 is 5.11 Å². The van der Waals surface area contributed by atoms with Crippen LogP contribution in [0.1, 0.15) is 23.8 Å². The van der Waals surface area contributed by atoms with Crippen molar-refractivity contribution in [3.63, 3.8) is 0 Å². The van der Waals surface area contributed by atoms with Crippen molar-refractivity contribution in [2.75, 3.05) is 0 Å². The number of hydrogen-bond donors (Lipinski definition) is 0. The van der Waals surface area contributed by atoms with Crippen LogP contribution in [0.2, 0.25) is 0 Å². The Kier molecular flexibility index (Phi) is 3.13. The lowest BCUT2D eigenvalue weighted by Crippen LogP contribution is -2.36. The summed E-state index contributed by atoms with van der Waals surface area (Å²) in [6, 6.07) is 0. The minimum atomic E-state index is -1.33. The number of Topliss-reactive ketones (excluding diaryl/α,β-unsaturated/α-hetero) is 1. The number of nitrogens with zero attached hydrogens (tertiary/aromatic N) is 1. The molecule has 70 valence electrons. The smallest absolute Gasteiger partial charge is 0.190 e. The molecule has 13 heavy (non-hydrogen) atoms. The van der Waals surface area contributed by atoms with Crippen molar-refractivity contribution in [3.05, 3.63) is 16.6 Å². The lowest BCUT2D eigenvalue weighted by molar-refractivity contribution is -0.309. The van der Waals surface area contributed by atoms with Gasteiger partial charge in [0.25, 0.3) is 0 Å². The van der Waals surface area contributed by atoms with E-state index in [9.17, 15) is 14.7 Å². The van der Waals surface area contributed by atoms with Gasteiger partial charge < -0.3 is 9.90 Å². The van der Waals surface area contributed by atoms with Gasteiger partial charge in [-0.25, -0.2) is 4.98 Å². The number of carboxylic acids is 1. The van der Waals surface area contributed by atoms with Crippen LogP contribution in [-0.2, 0) is 4.79 Å². The maximum absolute atomic E-state index is 11.4. The summed E-state index contributed by atoms with van der Waals surface area (Å²) in [5, 5.41) is 12.0. The second-order valence-electron chi connectivity index (χ2n) is 2.52. The Morgan fingerprint density at radius 1 is 1.69 bits per heavy atom. The van der Waals surface area contributed by atoms with Crippen LogP contribution >= 0.6 is 11.3 Å². The number of hydrogen-bond acceptors (Lipinski definition) is 5. The SMILES string of the molecule is CCC(C(=O)[O-])C(=O)c1cscn1. The molecule has 1 heterocycles. The lowest BCUT2D eigenvalue weighted by atomic mass is 10.00. The molecule has 1 aromatic heterocycles. The Labute approximate surface area is 79.2 Å². The van der Waals surface area contributed by atoms with Crippen molar-refractivity contribution < 1.29 is 14.7 Å². The second-order valence-corrected chi connectivity index (χ2v) is 3.24. The van der Waals surface area contributed by atoms with Gasteiger partial charge in [-0.05, 0) is 6.42 Å². The Hall–Kier alpha value is -1.23. The van der Waals surface area contributed by atoms with Gasteiger partial charge in [-0.15, -0.1) is 11.3 Å². The zero-order valence-corrected chi connectivity index (χ0v) is 7.84. The van der Waals surface area contributed by atoms with Gasteiger partial charge in [0.05, 0.1) is 17.4 Å². The van der Waals surface area contributed by atoms with Crippen LogP contribution in [0.3, 0.4) is 0 Å². The van der Waals surface area contributed by atoms with E-state index >= 15 is 0 Å². The number of carboxylic acid groups (broad SMARTS) is 1. The molecule has 0 saturated carbocycles. The van der Waals surface area contributed by atoms with E-state index < -0.39 is 17.7 Å². The van der Waals surface area contributed by atoms with Gasteiger partial charge in [0.2, 0.25) is 0 Å². The fraction of sp³-hybridized carbons (Fsp3) is 0.375. The zero-order chi connectivity index (χ0) is 9.84. The van der Waals surface area contributed by atoms with E-state index in [1.165, 1.54) is 22.2 Å². The van der Waals surface area contributed by atoms with Gasteiger partial charge in [-0.2, -0.15) is 0 Å². The zero-order valence-electron chi connectivity index (χ0n) is 7.02. The number of ketones is 1. The van der Waals surface area contributed by atoms with Crippen LogP contribution in [0.25, 0.3) is 0 Å². The molecule has 0 radical (unpaired) electrons. The molecule has 0 bridgehead atoms. The molecule has 0 saturated heterocycles. The number of carbonyl (C=O) groups is 2. The van der Waals surface area contributed by atoms with E-state index in [2.05, 4.69) is 4.98 Å². The molecule has 5 heteroatoms. The summed E-state index contributed by atoms with van der Waals surface area (Å²) in [7, 11) is 0. The molecule has 1 unspecified atom stereocenters. The first kappa shape index (κ1) is 9.85. The molecular weight excluding hydrogens is 190 g/mol. The summed E-state index contributed by atoms with van der Waals surface area (Å²) in [6.07, 6.45) is 0.235. The van der Waals surface area contributed by atoms with Gasteiger partial charge in [-0.3, -0.25) is 4.79 Å². The van der Waals surface area contributed by atoms with Crippen molar-refractivity contribution in [1.82, 2.24) is 4.98 Å². The Morgan fingerprint density at radius 2 is 2.38 bits per heavy atom. The third-order valence-corrected chi connectivity index (χ3v) is 2.28. The first-order chi connectivity index (χ1) is 6.16. The largest absolute Gasteiger partial charge is 0.549 e.